The number of carboxylic acids is 1. The van der Waals surface area contributed by atoms with E-state index in [1.54, 1.807) is 44.2 Å². The largest absolute Gasteiger partial charge is 0.480 e. The zero-order chi connectivity index (χ0) is 26.0. The van der Waals surface area contributed by atoms with Crippen LogP contribution in [0.2, 0.25) is 0 Å². The molecular formula is C22H33N5O7. The van der Waals surface area contributed by atoms with Gasteiger partial charge in [0.1, 0.15) is 18.1 Å². The second-order valence-corrected chi connectivity index (χ2v) is 8.32. The number of benzene rings is 1. The highest BCUT2D eigenvalue weighted by Crippen LogP contribution is 2.07. The average molecular weight is 480 g/mol. The smallest absolute Gasteiger partial charge is 0.326 e. The first kappa shape index (κ1) is 28.5. The first-order chi connectivity index (χ1) is 15.8. The third kappa shape index (κ3) is 9.16. The van der Waals surface area contributed by atoms with Gasteiger partial charge in [0.2, 0.25) is 23.6 Å². The molecule has 1 aromatic carbocycles. The van der Waals surface area contributed by atoms with Crippen molar-refractivity contribution in [2.45, 2.75) is 63.9 Å². The predicted octanol–water partition coefficient (Wildman–Crippen LogP) is -1.99. The van der Waals surface area contributed by atoms with Crippen LogP contribution in [0.3, 0.4) is 0 Å². The Balaban J connectivity index is 2.93. The zero-order valence-electron chi connectivity index (χ0n) is 19.4. The quantitative estimate of drug-likeness (QED) is 0.168. The van der Waals surface area contributed by atoms with Crippen molar-refractivity contribution in [2.75, 3.05) is 0 Å². The molecule has 5 atom stereocenters. The third-order valence-electron chi connectivity index (χ3n) is 4.96. The number of aliphatic hydroxyl groups excluding tert-OH is 1. The summed E-state index contributed by atoms with van der Waals surface area (Å²) in [6.45, 7) is 4.51. The number of aliphatic carboxylic acids is 1. The molecule has 5 unspecified atom stereocenters. The van der Waals surface area contributed by atoms with Crippen LogP contribution in [0.5, 0.6) is 0 Å². The van der Waals surface area contributed by atoms with E-state index in [-0.39, 0.29) is 6.42 Å². The number of primary amides is 1. The monoisotopic (exact) mass is 479 g/mol. The van der Waals surface area contributed by atoms with Crippen molar-refractivity contribution in [3.8, 4) is 0 Å². The van der Waals surface area contributed by atoms with Gasteiger partial charge in [-0.25, -0.2) is 4.79 Å². The molecule has 1 rings (SSSR count). The molecule has 0 fully saturated rings. The van der Waals surface area contributed by atoms with Crippen LogP contribution in [0.15, 0.2) is 30.3 Å². The molecule has 34 heavy (non-hydrogen) atoms. The minimum absolute atomic E-state index is 0.00911. The first-order valence-corrected chi connectivity index (χ1v) is 10.7. The fourth-order valence-electron chi connectivity index (χ4n) is 3.06. The number of carbonyl (C=O) groups is 5. The van der Waals surface area contributed by atoms with Gasteiger partial charge in [-0.15, -0.1) is 0 Å². The summed E-state index contributed by atoms with van der Waals surface area (Å²) < 4.78 is 0. The minimum atomic E-state index is -1.50. The van der Waals surface area contributed by atoms with Crippen molar-refractivity contribution < 1.29 is 34.2 Å². The van der Waals surface area contributed by atoms with Crippen LogP contribution in [-0.4, -0.2) is 70.1 Å². The Morgan fingerprint density at radius 2 is 1.41 bits per heavy atom. The Hall–Kier alpha value is -3.51. The molecule has 1 aromatic rings. The second kappa shape index (κ2) is 13.3. The normalized spacial score (nSPS) is 15.4. The topological polar surface area (TPSA) is 214 Å². The van der Waals surface area contributed by atoms with Crippen LogP contribution in [0, 0.1) is 5.92 Å². The van der Waals surface area contributed by atoms with E-state index in [4.69, 9.17) is 11.5 Å². The van der Waals surface area contributed by atoms with Gasteiger partial charge < -0.3 is 37.6 Å². The lowest BCUT2D eigenvalue weighted by molar-refractivity contribution is -0.143. The highest BCUT2D eigenvalue weighted by molar-refractivity contribution is 5.95. The molecule has 0 aliphatic carbocycles. The van der Waals surface area contributed by atoms with E-state index >= 15 is 0 Å². The van der Waals surface area contributed by atoms with E-state index in [0.29, 0.717) is 5.56 Å². The van der Waals surface area contributed by atoms with Gasteiger partial charge in [-0.1, -0.05) is 44.2 Å². The maximum Gasteiger partial charge on any atom is 0.326 e. The maximum absolute atomic E-state index is 12.8. The van der Waals surface area contributed by atoms with Crippen LogP contribution < -0.4 is 27.4 Å². The molecule has 9 N–H and O–H groups in total. The number of nitrogens with two attached hydrogens (primary N) is 2. The van der Waals surface area contributed by atoms with Crippen molar-refractivity contribution in [3.05, 3.63) is 35.9 Å². The summed E-state index contributed by atoms with van der Waals surface area (Å²) in [5.74, 6) is -5.03. The molecule has 0 aromatic heterocycles. The van der Waals surface area contributed by atoms with Gasteiger partial charge in [0.25, 0.3) is 0 Å². The number of amides is 4. The molecule has 188 valence electrons. The predicted molar refractivity (Wildman–Crippen MR) is 122 cm³/mol. The molecule has 0 saturated carbocycles. The number of aliphatic hydroxyl groups is 1. The van der Waals surface area contributed by atoms with Crippen LogP contribution in [0.25, 0.3) is 0 Å². The SMILES string of the molecule is CC(C)C(NC(=O)C(N)CC(N)=O)C(=O)NC(C(=O)NC(Cc1ccccc1)C(=O)O)C(C)O. The number of nitrogens with one attached hydrogen (secondary N) is 3. The van der Waals surface area contributed by atoms with Gasteiger partial charge >= 0.3 is 5.97 Å². The van der Waals surface area contributed by atoms with Crippen LogP contribution in [0.1, 0.15) is 32.8 Å². The van der Waals surface area contributed by atoms with Gasteiger partial charge in [-0.05, 0) is 18.4 Å². The number of rotatable bonds is 13. The minimum Gasteiger partial charge on any atom is -0.480 e. The Morgan fingerprint density at radius 1 is 0.882 bits per heavy atom. The van der Waals surface area contributed by atoms with Crippen molar-refractivity contribution in [1.82, 2.24) is 16.0 Å². The summed E-state index contributed by atoms with van der Waals surface area (Å²) in [5, 5.41) is 26.7. The number of carboxylic acid groups (broad SMARTS) is 1. The van der Waals surface area contributed by atoms with Gasteiger partial charge in [0.15, 0.2) is 0 Å². The molecule has 0 radical (unpaired) electrons. The summed E-state index contributed by atoms with van der Waals surface area (Å²) in [7, 11) is 0. The first-order valence-electron chi connectivity index (χ1n) is 10.7. The van der Waals surface area contributed by atoms with Gasteiger partial charge in [-0.2, -0.15) is 0 Å². The van der Waals surface area contributed by atoms with Crippen molar-refractivity contribution >= 4 is 29.6 Å². The lowest BCUT2D eigenvalue weighted by Crippen LogP contribution is -2.61. The highest BCUT2D eigenvalue weighted by Gasteiger charge is 2.34. The lowest BCUT2D eigenvalue weighted by Gasteiger charge is -2.28. The van der Waals surface area contributed by atoms with E-state index in [0.717, 1.165) is 0 Å². The Morgan fingerprint density at radius 3 is 1.88 bits per heavy atom. The lowest BCUT2D eigenvalue weighted by atomic mass is 10.0. The summed E-state index contributed by atoms with van der Waals surface area (Å²) in [6, 6.07) is 3.40. The molecule has 0 heterocycles. The fourth-order valence-corrected chi connectivity index (χ4v) is 3.06. The van der Waals surface area contributed by atoms with Gasteiger partial charge in [0, 0.05) is 6.42 Å². The maximum atomic E-state index is 12.8. The summed E-state index contributed by atoms with van der Waals surface area (Å²) in [6.07, 6.45) is -1.81. The van der Waals surface area contributed by atoms with Crippen LogP contribution in [-0.2, 0) is 30.4 Å². The van der Waals surface area contributed by atoms with E-state index in [2.05, 4.69) is 16.0 Å². The van der Waals surface area contributed by atoms with E-state index in [1.807, 2.05) is 0 Å². The second-order valence-electron chi connectivity index (χ2n) is 8.32. The van der Waals surface area contributed by atoms with Crippen molar-refractivity contribution in [1.29, 1.82) is 0 Å². The summed E-state index contributed by atoms with van der Waals surface area (Å²) in [5.41, 5.74) is 11.3. The third-order valence-corrected chi connectivity index (χ3v) is 4.96. The fraction of sp³-hybridized carbons (Fsp3) is 0.500. The van der Waals surface area contributed by atoms with E-state index < -0.39 is 72.2 Å². The molecule has 0 bridgehead atoms. The molecule has 0 aliphatic heterocycles. The Kier molecular flexibility index (Phi) is 11.1. The Labute approximate surface area is 197 Å². The zero-order valence-corrected chi connectivity index (χ0v) is 19.4. The van der Waals surface area contributed by atoms with E-state index in [9.17, 15) is 34.2 Å². The average Bonchev–Trinajstić information content (AvgIpc) is 2.74. The number of hydrogen-bond donors (Lipinski definition) is 7. The molecular weight excluding hydrogens is 446 g/mol. The van der Waals surface area contributed by atoms with Crippen molar-refractivity contribution in [3.63, 3.8) is 0 Å². The van der Waals surface area contributed by atoms with Crippen molar-refractivity contribution in [2.24, 2.45) is 17.4 Å². The Bertz CT molecular complexity index is 876. The van der Waals surface area contributed by atoms with Crippen LogP contribution in [0.4, 0.5) is 0 Å². The number of carbonyl (C=O) groups excluding carboxylic acids is 4. The van der Waals surface area contributed by atoms with Gasteiger partial charge in [-0.3, -0.25) is 19.2 Å². The standard InChI is InChI=1S/C22H33N5O7/c1-11(2)17(26-19(30)14(23)10-16(24)29)20(31)27-18(12(3)28)21(32)25-15(22(33)34)9-13-7-5-4-6-8-13/h4-8,11-12,14-15,17-18,28H,9-10,23H2,1-3H3,(H2,24,29)(H,25,32)(H,26,30)(H,27,31)(H,33,34). The molecule has 0 aliphatic rings. The summed E-state index contributed by atoms with van der Waals surface area (Å²) >= 11 is 0. The molecule has 12 heteroatoms. The molecule has 0 spiro atoms. The summed E-state index contributed by atoms with van der Waals surface area (Å²) in [4.78, 5) is 60.5. The van der Waals surface area contributed by atoms with Gasteiger partial charge in [0.05, 0.1) is 18.6 Å². The highest BCUT2D eigenvalue weighted by atomic mass is 16.4. The molecule has 0 saturated heterocycles. The van der Waals surface area contributed by atoms with Crippen LogP contribution >= 0.6 is 0 Å². The number of hydrogen-bond acceptors (Lipinski definition) is 7. The van der Waals surface area contributed by atoms with E-state index in [1.165, 1.54) is 6.92 Å². The molecule has 12 nitrogen and oxygen atoms in total. The molecule has 4 amide bonds.